The van der Waals surface area contributed by atoms with Crippen molar-refractivity contribution in [1.82, 2.24) is 9.55 Å². The van der Waals surface area contributed by atoms with Crippen LogP contribution in [0.3, 0.4) is 0 Å². The van der Waals surface area contributed by atoms with Crippen LogP contribution in [0.4, 0.5) is 10.1 Å². The van der Waals surface area contributed by atoms with Gasteiger partial charge in [-0.05, 0) is 12.1 Å². The number of benzene rings is 1. The minimum Gasteiger partial charge on any atom is -0.395 e. The molecular formula is C9H7FN3. The maximum atomic E-state index is 13.0. The lowest BCUT2D eigenvalue weighted by Crippen LogP contribution is -1.99. The number of nitrogens with zero attached hydrogens (tertiary/aromatic N) is 2. The van der Waals surface area contributed by atoms with Crippen LogP contribution in [0.15, 0.2) is 30.9 Å². The smallest absolute Gasteiger partial charge is 0.156 e. The van der Waals surface area contributed by atoms with Gasteiger partial charge in [0.05, 0.1) is 17.7 Å². The zero-order chi connectivity index (χ0) is 9.26. The van der Waals surface area contributed by atoms with E-state index in [1.54, 1.807) is 29.4 Å². The zero-order valence-electron chi connectivity index (χ0n) is 6.74. The molecule has 0 aliphatic rings. The first-order valence-corrected chi connectivity index (χ1v) is 3.73. The Labute approximate surface area is 74.6 Å². The predicted molar refractivity (Wildman–Crippen MR) is 46.8 cm³/mol. The number of hydrogen-bond acceptors (Lipinski definition) is 2. The second-order valence-electron chi connectivity index (χ2n) is 2.56. The Morgan fingerprint density at radius 1 is 1.54 bits per heavy atom. The summed E-state index contributed by atoms with van der Waals surface area (Å²) in [6, 6.07) is 5.54. The fraction of sp³-hybridized carbons (Fsp3) is 0. The maximum absolute atomic E-state index is 13.0. The Balaban J connectivity index is 2.59. The van der Waals surface area contributed by atoms with E-state index in [0.29, 0.717) is 5.69 Å². The highest BCUT2D eigenvalue weighted by atomic mass is 19.1. The van der Waals surface area contributed by atoms with Gasteiger partial charge in [0.25, 0.3) is 0 Å². The Morgan fingerprint density at radius 2 is 2.38 bits per heavy atom. The lowest BCUT2D eigenvalue weighted by Gasteiger charge is -2.05. The highest BCUT2D eigenvalue weighted by Crippen LogP contribution is 2.18. The molecular weight excluding hydrogens is 169 g/mol. The average Bonchev–Trinajstić information content (AvgIpc) is 2.62. The first-order chi connectivity index (χ1) is 6.29. The molecule has 65 valence electrons. The Bertz CT molecular complexity index is 409. The van der Waals surface area contributed by atoms with Crippen LogP contribution in [-0.2, 0) is 0 Å². The van der Waals surface area contributed by atoms with Crippen molar-refractivity contribution < 1.29 is 4.39 Å². The van der Waals surface area contributed by atoms with E-state index in [2.05, 4.69) is 11.1 Å². The topological polar surface area (TPSA) is 43.8 Å². The fourth-order valence-corrected chi connectivity index (χ4v) is 1.10. The summed E-state index contributed by atoms with van der Waals surface area (Å²) in [7, 11) is 0. The van der Waals surface area contributed by atoms with Gasteiger partial charge in [-0.3, -0.25) is 0 Å². The van der Waals surface area contributed by atoms with Crippen LogP contribution in [0.2, 0.25) is 0 Å². The zero-order valence-corrected chi connectivity index (χ0v) is 6.74. The third kappa shape index (κ3) is 1.26. The highest BCUT2D eigenvalue weighted by Gasteiger charge is 2.04. The molecule has 0 saturated carbocycles. The molecule has 1 radical (unpaired) electrons. The molecule has 1 aromatic heterocycles. The van der Waals surface area contributed by atoms with Gasteiger partial charge in [-0.25, -0.2) is 9.37 Å². The summed E-state index contributed by atoms with van der Waals surface area (Å²) in [6.07, 6.45) is 4.87. The van der Waals surface area contributed by atoms with Crippen molar-refractivity contribution in [3.05, 3.63) is 42.7 Å². The second kappa shape index (κ2) is 2.90. The molecule has 3 nitrogen and oxygen atoms in total. The van der Waals surface area contributed by atoms with E-state index >= 15 is 0 Å². The van der Waals surface area contributed by atoms with Crippen molar-refractivity contribution in [2.45, 2.75) is 0 Å². The number of imidazole rings is 1. The third-order valence-electron chi connectivity index (χ3n) is 1.75. The molecule has 1 aromatic carbocycles. The van der Waals surface area contributed by atoms with Gasteiger partial charge in [0.15, 0.2) is 5.82 Å². The lowest BCUT2D eigenvalue weighted by molar-refractivity contribution is 0.629. The summed E-state index contributed by atoms with van der Waals surface area (Å²) in [6.45, 7) is 0. The Kier molecular flexibility index (Phi) is 1.73. The van der Waals surface area contributed by atoms with Gasteiger partial charge >= 0.3 is 0 Å². The molecule has 0 atom stereocenters. The number of halogens is 1. The van der Waals surface area contributed by atoms with Crippen LogP contribution in [0.5, 0.6) is 0 Å². The SMILES string of the molecule is Nc1c(F)[c]ccc1-n1ccnc1. The van der Waals surface area contributed by atoms with Gasteiger partial charge in [0.1, 0.15) is 0 Å². The van der Waals surface area contributed by atoms with Crippen molar-refractivity contribution in [3.8, 4) is 5.69 Å². The summed E-state index contributed by atoms with van der Waals surface area (Å²) < 4.78 is 14.6. The van der Waals surface area contributed by atoms with Gasteiger partial charge in [-0.1, -0.05) is 0 Å². The summed E-state index contributed by atoms with van der Waals surface area (Å²) in [4.78, 5) is 3.84. The third-order valence-corrected chi connectivity index (χ3v) is 1.75. The van der Waals surface area contributed by atoms with Crippen LogP contribution < -0.4 is 5.73 Å². The molecule has 0 aliphatic heterocycles. The Hall–Kier alpha value is -1.84. The molecule has 2 aromatic rings. The lowest BCUT2D eigenvalue weighted by atomic mass is 10.2. The average molecular weight is 176 g/mol. The molecule has 2 rings (SSSR count). The van der Waals surface area contributed by atoms with Crippen LogP contribution >= 0.6 is 0 Å². The molecule has 1 heterocycles. The van der Waals surface area contributed by atoms with E-state index in [1.165, 1.54) is 6.07 Å². The first kappa shape index (κ1) is 7.79. The molecule has 0 amide bonds. The van der Waals surface area contributed by atoms with E-state index in [1.807, 2.05) is 0 Å². The van der Waals surface area contributed by atoms with Crippen molar-refractivity contribution in [2.75, 3.05) is 5.73 Å². The molecule has 0 fully saturated rings. The van der Waals surface area contributed by atoms with E-state index in [4.69, 9.17) is 5.73 Å². The number of rotatable bonds is 1. The molecule has 2 N–H and O–H groups in total. The first-order valence-electron chi connectivity index (χ1n) is 3.73. The number of nitrogen functional groups attached to an aromatic ring is 1. The number of anilines is 1. The van der Waals surface area contributed by atoms with Crippen LogP contribution in [0, 0.1) is 11.9 Å². The molecule has 13 heavy (non-hydrogen) atoms. The monoisotopic (exact) mass is 176 g/mol. The van der Waals surface area contributed by atoms with E-state index in [9.17, 15) is 4.39 Å². The van der Waals surface area contributed by atoms with Crippen molar-refractivity contribution in [3.63, 3.8) is 0 Å². The Morgan fingerprint density at radius 3 is 3.08 bits per heavy atom. The summed E-state index contributed by atoms with van der Waals surface area (Å²) in [5.74, 6) is -0.536. The quantitative estimate of drug-likeness (QED) is 0.667. The van der Waals surface area contributed by atoms with E-state index in [-0.39, 0.29) is 5.69 Å². The summed E-state index contributed by atoms with van der Waals surface area (Å²) in [5, 5.41) is 0. The molecule has 0 unspecified atom stereocenters. The fourth-order valence-electron chi connectivity index (χ4n) is 1.10. The molecule has 0 saturated heterocycles. The molecule has 0 bridgehead atoms. The maximum Gasteiger partial charge on any atom is 0.156 e. The van der Waals surface area contributed by atoms with Crippen LogP contribution in [0.1, 0.15) is 0 Å². The number of hydrogen-bond donors (Lipinski definition) is 1. The van der Waals surface area contributed by atoms with E-state index < -0.39 is 5.82 Å². The minimum absolute atomic E-state index is 0.0838. The molecule has 0 spiro atoms. The van der Waals surface area contributed by atoms with Crippen molar-refractivity contribution in [1.29, 1.82) is 0 Å². The number of aromatic nitrogens is 2. The van der Waals surface area contributed by atoms with Crippen molar-refractivity contribution >= 4 is 5.69 Å². The van der Waals surface area contributed by atoms with Crippen LogP contribution in [0.25, 0.3) is 5.69 Å². The minimum atomic E-state index is -0.536. The van der Waals surface area contributed by atoms with Gasteiger partial charge in [0.2, 0.25) is 0 Å². The summed E-state index contributed by atoms with van der Waals surface area (Å²) >= 11 is 0. The molecule has 0 aliphatic carbocycles. The van der Waals surface area contributed by atoms with Gasteiger partial charge < -0.3 is 10.3 Å². The number of nitrogens with two attached hydrogens (primary N) is 1. The highest BCUT2D eigenvalue weighted by molar-refractivity contribution is 5.58. The summed E-state index contributed by atoms with van der Waals surface area (Å²) in [5.41, 5.74) is 6.18. The van der Waals surface area contributed by atoms with Gasteiger partial charge in [-0.15, -0.1) is 0 Å². The standard InChI is InChI=1S/C9H7FN3/c10-7-2-1-3-8(9(7)11)13-5-4-12-6-13/h1,3-6H,11H2. The van der Waals surface area contributed by atoms with Gasteiger partial charge in [-0.2, -0.15) is 0 Å². The largest absolute Gasteiger partial charge is 0.395 e. The predicted octanol–water partition coefficient (Wildman–Crippen LogP) is 1.39. The van der Waals surface area contributed by atoms with E-state index in [0.717, 1.165) is 0 Å². The normalized spacial score (nSPS) is 10.2. The second-order valence-corrected chi connectivity index (χ2v) is 2.56. The van der Waals surface area contributed by atoms with Crippen LogP contribution in [-0.4, -0.2) is 9.55 Å². The van der Waals surface area contributed by atoms with Crippen molar-refractivity contribution in [2.24, 2.45) is 0 Å². The molecule has 4 heteroatoms. The van der Waals surface area contributed by atoms with Gasteiger partial charge in [0, 0.05) is 18.5 Å².